The van der Waals surface area contributed by atoms with Gasteiger partial charge in [-0.3, -0.25) is 4.90 Å². The second-order valence-corrected chi connectivity index (χ2v) is 8.00. The summed E-state index contributed by atoms with van der Waals surface area (Å²) in [4.78, 5) is 26.7. The van der Waals surface area contributed by atoms with E-state index in [2.05, 4.69) is 4.90 Å². The van der Waals surface area contributed by atoms with Gasteiger partial charge in [0.1, 0.15) is 18.3 Å². The maximum atomic E-state index is 12.5. The molecule has 1 fully saturated rings. The number of esters is 2. The quantitative estimate of drug-likeness (QED) is 0.319. The predicted molar refractivity (Wildman–Crippen MR) is 101 cm³/mol. The van der Waals surface area contributed by atoms with Crippen LogP contribution in [0.5, 0.6) is 0 Å². The van der Waals surface area contributed by atoms with Crippen LogP contribution in [0.3, 0.4) is 0 Å². The lowest BCUT2D eigenvalue weighted by atomic mass is 9.81. The van der Waals surface area contributed by atoms with Gasteiger partial charge in [0.15, 0.2) is 0 Å². The molecule has 0 saturated carbocycles. The molecule has 8 heteroatoms. The number of aliphatic hydroxyl groups excluding tert-OH is 1. The number of hydrogen-bond acceptors (Lipinski definition) is 8. The summed E-state index contributed by atoms with van der Waals surface area (Å²) < 4.78 is 10.9. The SMILES string of the molecule is C/C=C(\C)C(=O)O[C@H]1CCN2CC=C(COC(=O)[C@@](O)([C@H](C)O)C(C)(C)O)[C@H]12. The minimum atomic E-state index is -2.46. The van der Waals surface area contributed by atoms with Crippen LogP contribution in [-0.4, -0.2) is 81.3 Å². The molecule has 0 aromatic carbocycles. The summed E-state index contributed by atoms with van der Waals surface area (Å²) in [6, 6.07) is -0.191. The summed E-state index contributed by atoms with van der Waals surface area (Å²) in [7, 11) is 0. The van der Waals surface area contributed by atoms with Gasteiger partial charge in [0.05, 0.1) is 12.1 Å². The summed E-state index contributed by atoms with van der Waals surface area (Å²) in [5, 5.41) is 30.5. The highest BCUT2D eigenvalue weighted by Crippen LogP contribution is 2.33. The van der Waals surface area contributed by atoms with Crippen LogP contribution in [0.15, 0.2) is 23.3 Å². The van der Waals surface area contributed by atoms with E-state index in [9.17, 15) is 24.9 Å². The fraction of sp³-hybridized carbons (Fsp3) is 0.700. The molecule has 0 spiro atoms. The van der Waals surface area contributed by atoms with E-state index >= 15 is 0 Å². The largest absolute Gasteiger partial charge is 0.459 e. The molecule has 2 aliphatic rings. The third-order valence-electron chi connectivity index (χ3n) is 5.65. The van der Waals surface area contributed by atoms with E-state index in [-0.39, 0.29) is 24.7 Å². The molecule has 0 aromatic rings. The van der Waals surface area contributed by atoms with Crippen molar-refractivity contribution in [1.29, 1.82) is 0 Å². The monoisotopic (exact) mass is 397 g/mol. The van der Waals surface area contributed by atoms with Crippen LogP contribution in [-0.2, 0) is 19.1 Å². The van der Waals surface area contributed by atoms with E-state index in [0.29, 0.717) is 18.5 Å². The van der Waals surface area contributed by atoms with Crippen LogP contribution in [0.4, 0.5) is 0 Å². The maximum Gasteiger partial charge on any atom is 0.344 e. The lowest BCUT2D eigenvalue weighted by Gasteiger charge is -2.38. The Bertz CT molecular complexity index is 677. The van der Waals surface area contributed by atoms with Crippen LogP contribution >= 0.6 is 0 Å². The molecule has 4 atom stereocenters. The molecular formula is C20H31NO7. The number of aliphatic hydroxyl groups is 3. The molecule has 3 N–H and O–H groups in total. The number of nitrogens with zero attached hydrogens (tertiary/aromatic N) is 1. The lowest BCUT2D eigenvalue weighted by Crippen LogP contribution is -2.63. The second-order valence-electron chi connectivity index (χ2n) is 8.00. The van der Waals surface area contributed by atoms with Crippen molar-refractivity contribution in [3.05, 3.63) is 23.3 Å². The van der Waals surface area contributed by atoms with Crippen molar-refractivity contribution in [2.45, 2.75) is 70.5 Å². The first-order valence-corrected chi connectivity index (χ1v) is 9.50. The molecule has 0 aromatic heterocycles. The molecule has 0 amide bonds. The zero-order chi connectivity index (χ0) is 21.3. The van der Waals surface area contributed by atoms with Gasteiger partial charge in [-0.15, -0.1) is 0 Å². The number of hydrogen-bond donors (Lipinski definition) is 3. The van der Waals surface area contributed by atoms with E-state index in [0.717, 1.165) is 12.1 Å². The van der Waals surface area contributed by atoms with Gasteiger partial charge in [-0.2, -0.15) is 0 Å². The Hall–Kier alpha value is -1.74. The highest BCUT2D eigenvalue weighted by atomic mass is 16.6. The minimum absolute atomic E-state index is 0.123. The molecular weight excluding hydrogens is 366 g/mol. The Morgan fingerprint density at radius 2 is 2.04 bits per heavy atom. The minimum Gasteiger partial charge on any atom is -0.459 e. The Morgan fingerprint density at radius 3 is 2.57 bits per heavy atom. The van der Waals surface area contributed by atoms with Crippen molar-refractivity contribution in [1.82, 2.24) is 4.90 Å². The van der Waals surface area contributed by atoms with Gasteiger partial charge in [0, 0.05) is 18.7 Å². The van der Waals surface area contributed by atoms with Crippen molar-refractivity contribution in [2.75, 3.05) is 19.7 Å². The van der Waals surface area contributed by atoms with Crippen molar-refractivity contribution in [3.8, 4) is 0 Å². The molecule has 8 nitrogen and oxygen atoms in total. The number of rotatable bonds is 7. The summed E-state index contributed by atoms with van der Waals surface area (Å²) >= 11 is 0. The summed E-state index contributed by atoms with van der Waals surface area (Å²) in [6.07, 6.45) is 2.40. The average molecular weight is 397 g/mol. The molecule has 0 aliphatic carbocycles. The lowest BCUT2D eigenvalue weighted by molar-refractivity contribution is -0.213. The Balaban J connectivity index is 2.06. The zero-order valence-corrected chi connectivity index (χ0v) is 17.1. The summed E-state index contributed by atoms with van der Waals surface area (Å²) in [6.45, 7) is 8.42. The standard InChI is InChI=1S/C20H31NO7/c1-6-12(2)17(23)28-15-8-10-21-9-7-14(16(15)21)11-27-18(24)20(26,13(3)22)19(4,5)25/h6-7,13,15-16,22,25-26H,8-11H2,1-5H3/b12-6+/t13-,15-,16+,20-/m0/s1. The average Bonchev–Trinajstić information content (AvgIpc) is 3.20. The highest BCUT2D eigenvalue weighted by molar-refractivity contribution is 5.87. The third kappa shape index (κ3) is 4.15. The molecule has 0 bridgehead atoms. The molecule has 1 saturated heterocycles. The predicted octanol–water partition coefficient (Wildman–Crippen LogP) is 0.305. The molecule has 0 radical (unpaired) electrons. The first kappa shape index (κ1) is 22.5. The van der Waals surface area contributed by atoms with E-state index in [1.165, 1.54) is 20.8 Å². The first-order chi connectivity index (χ1) is 12.9. The maximum absolute atomic E-state index is 12.5. The normalized spacial score (nSPS) is 26.3. The van der Waals surface area contributed by atoms with E-state index in [1.807, 2.05) is 6.08 Å². The van der Waals surface area contributed by atoms with Gasteiger partial charge >= 0.3 is 11.9 Å². The fourth-order valence-electron chi connectivity index (χ4n) is 3.66. The topological polar surface area (TPSA) is 117 Å². The van der Waals surface area contributed by atoms with Crippen LogP contribution in [0.1, 0.15) is 41.0 Å². The van der Waals surface area contributed by atoms with Gasteiger partial charge in [-0.25, -0.2) is 9.59 Å². The van der Waals surface area contributed by atoms with Crippen molar-refractivity contribution >= 4 is 11.9 Å². The molecule has 2 heterocycles. The smallest absolute Gasteiger partial charge is 0.344 e. The number of ether oxygens (including phenoxy) is 2. The van der Waals surface area contributed by atoms with Crippen LogP contribution in [0.2, 0.25) is 0 Å². The number of carbonyl (C=O) groups excluding carboxylic acids is 2. The third-order valence-corrected chi connectivity index (χ3v) is 5.65. The first-order valence-electron chi connectivity index (χ1n) is 9.50. The van der Waals surface area contributed by atoms with Gasteiger partial charge in [-0.1, -0.05) is 12.2 Å². The van der Waals surface area contributed by atoms with Gasteiger partial charge < -0.3 is 24.8 Å². The van der Waals surface area contributed by atoms with E-state index in [4.69, 9.17) is 9.47 Å². The number of allylic oxidation sites excluding steroid dienone is 1. The van der Waals surface area contributed by atoms with Crippen molar-refractivity contribution < 1.29 is 34.4 Å². The van der Waals surface area contributed by atoms with Gasteiger partial charge in [0.25, 0.3) is 0 Å². The zero-order valence-electron chi connectivity index (χ0n) is 17.1. The number of carbonyl (C=O) groups is 2. The molecule has 158 valence electrons. The van der Waals surface area contributed by atoms with Gasteiger partial charge in [-0.05, 0) is 46.6 Å². The van der Waals surface area contributed by atoms with Crippen molar-refractivity contribution in [2.24, 2.45) is 0 Å². The molecule has 28 heavy (non-hydrogen) atoms. The molecule has 2 aliphatic heterocycles. The van der Waals surface area contributed by atoms with Gasteiger partial charge in [0.2, 0.25) is 5.60 Å². The molecule has 2 rings (SSSR count). The van der Waals surface area contributed by atoms with E-state index in [1.54, 1.807) is 19.9 Å². The molecule has 0 unspecified atom stereocenters. The van der Waals surface area contributed by atoms with Crippen molar-refractivity contribution in [3.63, 3.8) is 0 Å². The van der Waals surface area contributed by atoms with Crippen LogP contribution in [0.25, 0.3) is 0 Å². The Morgan fingerprint density at radius 1 is 1.39 bits per heavy atom. The number of fused-ring (bicyclic) bond motifs is 1. The van der Waals surface area contributed by atoms with Crippen LogP contribution < -0.4 is 0 Å². The van der Waals surface area contributed by atoms with Crippen LogP contribution in [0, 0.1) is 0 Å². The Labute approximate surface area is 165 Å². The highest BCUT2D eigenvalue weighted by Gasteiger charge is 2.54. The van der Waals surface area contributed by atoms with E-state index < -0.39 is 23.3 Å². The summed E-state index contributed by atoms with van der Waals surface area (Å²) in [5.74, 6) is -1.48. The second kappa shape index (κ2) is 8.32. The Kier molecular flexibility index (Phi) is 6.70. The summed E-state index contributed by atoms with van der Waals surface area (Å²) in [5.41, 5.74) is -3.06. The fourth-order valence-corrected chi connectivity index (χ4v) is 3.66.